The number of nitrogens with one attached hydrogen (secondary N) is 1. The molecule has 0 spiro atoms. The molecule has 4 aromatic rings. The molecule has 162 valence electrons. The summed E-state index contributed by atoms with van der Waals surface area (Å²) in [6, 6.07) is 23.2. The fraction of sp³-hybridized carbons (Fsp3) is 0.160. The van der Waals surface area contributed by atoms with Crippen molar-refractivity contribution in [3.8, 4) is 11.5 Å². The maximum absolute atomic E-state index is 12.6. The number of carbonyl (C=O) groups excluding carboxylic acids is 1. The average Bonchev–Trinajstić information content (AvgIpc) is 2.82. The van der Waals surface area contributed by atoms with Crippen LogP contribution in [0.2, 0.25) is 0 Å². The Balaban J connectivity index is 1.51. The minimum absolute atomic E-state index is 0.141. The third kappa shape index (κ3) is 5.36. The highest BCUT2D eigenvalue weighted by atomic mass is 32.2. The number of benzene rings is 3. The SMILES string of the molecule is COc1cc(NC(=O)CSc2nc(Cc3ccccc3)nc3ccccc23)cc(OC)c1. The number of hydrogen-bond donors (Lipinski definition) is 1. The predicted octanol–water partition coefficient (Wildman–Crippen LogP) is 4.97. The third-order valence-corrected chi connectivity index (χ3v) is 5.79. The van der Waals surface area contributed by atoms with E-state index in [4.69, 9.17) is 19.4 Å². The molecule has 0 aliphatic rings. The van der Waals surface area contributed by atoms with Gasteiger partial charge in [0.2, 0.25) is 5.91 Å². The zero-order valence-electron chi connectivity index (χ0n) is 17.9. The number of aromatic nitrogens is 2. The molecule has 0 unspecified atom stereocenters. The summed E-state index contributed by atoms with van der Waals surface area (Å²) in [6.45, 7) is 0. The highest BCUT2D eigenvalue weighted by molar-refractivity contribution is 8.00. The van der Waals surface area contributed by atoms with Crippen molar-refractivity contribution in [2.24, 2.45) is 0 Å². The van der Waals surface area contributed by atoms with Gasteiger partial charge in [0.05, 0.1) is 25.5 Å². The van der Waals surface area contributed by atoms with Crippen LogP contribution in [0.5, 0.6) is 11.5 Å². The standard InChI is InChI=1S/C25H23N3O3S/c1-30-19-13-18(14-20(15-19)31-2)26-24(29)16-32-25-21-10-6-7-11-22(21)27-23(28-25)12-17-8-4-3-5-9-17/h3-11,13-15H,12,16H2,1-2H3,(H,26,29). The molecule has 0 fully saturated rings. The molecule has 1 amide bonds. The van der Waals surface area contributed by atoms with E-state index < -0.39 is 0 Å². The van der Waals surface area contributed by atoms with Gasteiger partial charge in [-0.1, -0.05) is 60.3 Å². The van der Waals surface area contributed by atoms with Gasteiger partial charge in [0.1, 0.15) is 22.3 Å². The number of ether oxygens (including phenoxy) is 2. The molecule has 0 aliphatic heterocycles. The van der Waals surface area contributed by atoms with Crippen LogP contribution in [0.1, 0.15) is 11.4 Å². The lowest BCUT2D eigenvalue weighted by atomic mass is 10.1. The van der Waals surface area contributed by atoms with Gasteiger partial charge in [0, 0.05) is 35.7 Å². The first-order valence-corrected chi connectivity index (χ1v) is 11.1. The molecule has 4 rings (SSSR count). The molecule has 0 bridgehead atoms. The van der Waals surface area contributed by atoms with Crippen LogP contribution >= 0.6 is 11.8 Å². The molecule has 1 N–H and O–H groups in total. The topological polar surface area (TPSA) is 73.3 Å². The molecule has 0 saturated heterocycles. The van der Waals surface area contributed by atoms with Gasteiger partial charge < -0.3 is 14.8 Å². The molecule has 1 aromatic heterocycles. The maximum atomic E-state index is 12.6. The molecule has 7 heteroatoms. The monoisotopic (exact) mass is 445 g/mol. The van der Waals surface area contributed by atoms with Crippen LogP contribution in [0.4, 0.5) is 5.69 Å². The smallest absolute Gasteiger partial charge is 0.234 e. The second-order valence-electron chi connectivity index (χ2n) is 7.06. The van der Waals surface area contributed by atoms with E-state index in [1.807, 2.05) is 42.5 Å². The van der Waals surface area contributed by atoms with E-state index in [9.17, 15) is 4.79 Å². The van der Waals surface area contributed by atoms with Crippen molar-refractivity contribution in [2.45, 2.75) is 11.4 Å². The second-order valence-corrected chi connectivity index (χ2v) is 8.03. The molecule has 0 saturated carbocycles. The van der Waals surface area contributed by atoms with Gasteiger partial charge in [-0.15, -0.1) is 0 Å². The van der Waals surface area contributed by atoms with E-state index in [0.29, 0.717) is 23.6 Å². The number of hydrogen-bond acceptors (Lipinski definition) is 6. The summed E-state index contributed by atoms with van der Waals surface area (Å²) in [5.41, 5.74) is 2.63. The summed E-state index contributed by atoms with van der Waals surface area (Å²) in [7, 11) is 3.15. The van der Waals surface area contributed by atoms with Crippen molar-refractivity contribution >= 4 is 34.3 Å². The zero-order chi connectivity index (χ0) is 22.3. The van der Waals surface area contributed by atoms with Crippen LogP contribution in [-0.4, -0.2) is 35.8 Å². The lowest BCUT2D eigenvalue weighted by molar-refractivity contribution is -0.113. The minimum atomic E-state index is -0.141. The van der Waals surface area contributed by atoms with Crippen LogP contribution < -0.4 is 14.8 Å². The average molecular weight is 446 g/mol. The number of carbonyl (C=O) groups is 1. The van der Waals surface area contributed by atoms with E-state index in [2.05, 4.69) is 17.4 Å². The first-order chi connectivity index (χ1) is 15.6. The van der Waals surface area contributed by atoms with Crippen LogP contribution in [0, 0.1) is 0 Å². The highest BCUT2D eigenvalue weighted by Gasteiger charge is 2.12. The molecule has 6 nitrogen and oxygen atoms in total. The molecular formula is C25H23N3O3S. The molecule has 1 heterocycles. The first kappa shape index (κ1) is 21.6. The quantitative estimate of drug-likeness (QED) is 0.305. The number of methoxy groups -OCH3 is 2. The Hall–Kier alpha value is -3.58. The Labute approximate surface area is 191 Å². The van der Waals surface area contributed by atoms with Crippen LogP contribution in [0.15, 0.2) is 77.8 Å². The Kier molecular flexibility index (Phi) is 6.87. The highest BCUT2D eigenvalue weighted by Crippen LogP contribution is 2.28. The zero-order valence-corrected chi connectivity index (χ0v) is 18.7. The summed E-state index contributed by atoms with van der Waals surface area (Å²) in [5.74, 6) is 2.03. The van der Waals surface area contributed by atoms with Gasteiger partial charge in [-0.3, -0.25) is 4.79 Å². The van der Waals surface area contributed by atoms with Crippen molar-refractivity contribution in [3.05, 3.63) is 84.2 Å². The molecule has 0 radical (unpaired) electrons. The molecular weight excluding hydrogens is 422 g/mol. The lowest BCUT2D eigenvalue weighted by Gasteiger charge is -2.11. The Morgan fingerprint density at radius 3 is 2.31 bits per heavy atom. The summed E-state index contributed by atoms with van der Waals surface area (Å²) >= 11 is 1.40. The lowest BCUT2D eigenvalue weighted by Crippen LogP contribution is -2.14. The van der Waals surface area contributed by atoms with Crippen molar-refractivity contribution in [1.82, 2.24) is 9.97 Å². The Bertz CT molecular complexity index is 1210. The van der Waals surface area contributed by atoms with E-state index >= 15 is 0 Å². The number of anilines is 1. The second kappa shape index (κ2) is 10.2. The van der Waals surface area contributed by atoms with E-state index in [0.717, 1.165) is 27.3 Å². The van der Waals surface area contributed by atoms with Crippen molar-refractivity contribution in [1.29, 1.82) is 0 Å². The summed E-state index contributed by atoms with van der Waals surface area (Å²) in [5, 5.41) is 4.63. The largest absolute Gasteiger partial charge is 0.497 e. The maximum Gasteiger partial charge on any atom is 0.234 e. The predicted molar refractivity (Wildman–Crippen MR) is 128 cm³/mol. The summed E-state index contributed by atoms with van der Waals surface area (Å²) in [4.78, 5) is 22.1. The fourth-order valence-electron chi connectivity index (χ4n) is 3.27. The third-order valence-electron chi connectivity index (χ3n) is 4.79. The number of amides is 1. The van der Waals surface area contributed by atoms with Crippen molar-refractivity contribution < 1.29 is 14.3 Å². The number of rotatable bonds is 8. The first-order valence-electron chi connectivity index (χ1n) is 10.1. The van der Waals surface area contributed by atoms with E-state index in [-0.39, 0.29) is 11.7 Å². The summed E-state index contributed by atoms with van der Waals surface area (Å²) in [6.07, 6.45) is 0.634. The Morgan fingerprint density at radius 1 is 0.906 bits per heavy atom. The normalized spacial score (nSPS) is 10.7. The van der Waals surface area contributed by atoms with Gasteiger partial charge in [-0.2, -0.15) is 0 Å². The van der Waals surface area contributed by atoms with Gasteiger partial charge in [-0.05, 0) is 11.6 Å². The van der Waals surface area contributed by atoms with Crippen LogP contribution in [-0.2, 0) is 11.2 Å². The van der Waals surface area contributed by atoms with Gasteiger partial charge in [0.25, 0.3) is 0 Å². The van der Waals surface area contributed by atoms with Crippen molar-refractivity contribution in [3.63, 3.8) is 0 Å². The van der Waals surface area contributed by atoms with E-state index in [1.54, 1.807) is 32.4 Å². The van der Waals surface area contributed by atoms with Gasteiger partial charge in [-0.25, -0.2) is 9.97 Å². The van der Waals surface area contributed by atoms with Gasteiger partial charge in [0.15, 0.2) is 0 Å². The number of thioether (sulfide) groups is 1. The van der Waals surface area contributed by atoms with Crippen LogP contribution in [0.3, 0.4) is 0 Å². The number of fused-ring (bicyclic) bond motifs is 1. The number of nitrogens with zero attached hydrogens (tertiary/aromatic N) is 2. The number of para-hydroxylation sites is 1. The fourth-order valence-corrected chi connectivity index (χ4v) is 4.11. The summed E-state index contributed by atoms with van der Waals surface area (Å²) < 4.78 is 10.5. The Morgan fingerprint density at radius 2 is 1.59 bits per heavy atom. The molecule has 0 aliphatic carbocycles. The van der Waals surface area contributed by atoms with Crippen molar-refractivity contribution in [2.75, 3.05) is 25.3 Å². The molecule has 0 atom stereocenters. The van der Waals surface area contributed by atoms with Crippen LogP contribution in [0.25, 0.3) is 10.9 Å². The minimum Gasteiger partial charge on any atom is -0.497 e. The molecule has 32 heavy (non-hydrogen) atoms. The van der Waals surface area contributed by atoms with E-state index in [1.165, 1.54) is 11.8 Å². The van der Waals surface area contributed by atoms with Gasteiger partial charge >= 0.3 is 0 Å². The molecule has 3 aromatic carbocycles.